The zero-order valence-corrected chi connectivity index (χ0v) is 11.2. The standard InChI is InChI=1S/C16H20N2O/c17-16(9-10-16)14(19)18-11-15(7-3-4-8-15)12-5-1-2-6-13(12)18/h1-2,5-6H,3-4,7-11,17H2. The second-order valence-electron chi connectivity index (χ2n) is 6.55. The summed E-state index contributed by atoms with van der Waals surface area (Å²) in [5.41, 5.74) is 8.28. The van der Waals surface area contributed by atoms with Crippen LogP contribution < -0.4 is 10.6 Å². The van der Waals surface area contributed by atoms with Gasteiger partial charge in [-0.3, -0.25) is 4.79 Å². The van der Waals surface area contributed by atoms with E-state index in [9.17, 15) is 4.79 Å². The van der Waals surface area contributed by atoms with E-state index in [0.717, 1.165) is 25.1 Å². The minimum atomic E-state index is -0.558. The van der Waals surface area contributed by atoms with Gasteiger partial charge in [0.2, 0.25) is 5.91 Å². The van der Waals surface area contributed by atoms with Gasteiger partial charge < -0.3 is 10.6 Å². The van der Waals surface area contributed by atoms with Crippen LogP contribution in [0.2, 0.25) is 0 Å². The van der Waals surface area contributed by atoms with E-state index in [0.29, 0.717) is 0 Å². The van der Waals surface area contributed by atoms with Crippen LogP contribution in [-0.2, 0) is 10.2 Å². The van der Waals surface area contributed by atoms with Gasteiger partial charge in [0.05, 0.1) is 5.54 Å². The topological polar surface area (TPSA) is 46.3 Å². The highest BCUT2D eigenvalue weighted by atomic mass is 16.2. The first-order chi connectivity index (χ1) is 9.15. The summed E-state index contributed by atoms with van der Waals surface area (Å²) in [6.07, 6.45) is 6.68. The van der Waals surface area contributed by atoms with Crippen LogP contribution in [0.25, 0.3) is 0 Å². The molecule has 3 aliphatic rings. The van der Waals surface area contributed by atoms with Crippen LogP contribution in [-0.4, -0.2) is 18.0 Å². The van der Waals surface area contributed by atoms with Crippen LogP contribution in [0, 0.1) is 0 Å². The SMILES string of the molecule is NC1(C(=O)N2CC3(CCCC3)c3ccccc32)CC1. The first-order valence-corrected chi connectivity index (χ1v) is 7.35. The Hall–Kier alpha value is -1.35. The van der Waals surface area contributed by atoms with Crippen molar-refractivity contribution in [3.8, 4) is 0 Å². The van der Waals surface area contributed by atoms with E-state index in [1.54, 1.807) is 0 Å². The molecule has 1 aromatic carbocycles. The number of nitrogens with zero attached hydrogens (tertiary/aromatic N) is 1. The van der Waals surface area contributed by atoms with Gasteiger partial charge in [-0.15, -0.1) is 0 Å². The first-order valence-electron chi connectivity index (χ1n) is 7.35. The molecule has 1 aliphatic heterocycles. The number of carbonyl (C=O) groups excluding carboxylic acids is 1. The van der Waals surface area contributed by atoms with Gasteiger partial charge in [-0.1, -0.05) is 31.0 Å². The van der Waals surface area contributed by atoms with E-state index in [4.69, 9.17) is 5.73 Å². The molecule has 19 heavy (non-hydrogen) atoms. The van der Waals surface area contributed by atoms with Crippen molar-refractivity contribution in [2.24, 2.45) is 5.73 Å². The van der Waals surface area contributed by atoms with Crippen molar-refractivity contribution in [1.29, 1.82) is 0 Å². The Labute approximate surface area is 113 Å². The van der Waals surface area contributed by atoms with Crippen LogP contribution in [0.1, 0.15) is 44.1 Å². The van der Waals surface area contributed by atoms with E-state index in [1.165, 1.54) is 31.2 Å². The van der Waals surface area contributed by atoms with Gasteiger partial charge in [0.1, 0.15) is 0 Å². The number of hydrogen-bond donors (Lipinski definition) is 1. The lowest BCUT2D eigenvalue weighted by Gasteiger charge is -2.26. The molecule has 2 saturated carbocycles. The number of carbonyl (C=O) groups is 1. The zero-order chi connectivity index (χ0) is 13.1. The Morgan fingerprint density at radius 3 is 2.47 bits per heavy atom. The summed E-state index contributed by atoms with van der Waals surface area (Å²) in [4.78, 5) is 14.6. The maximum absolute atomic E-state index is 12.6. The van der Waals surface area contributed by atoms with E-state index in [-0.39, 0.29) is 11.3 Å². The molecule has 3 nitrogen and oxygen atoms in total. The van der Waals surface area contributed by atoms with Crippen LogP contribution in [0.15, 0.2) is 24.3 Å². The van der Waals surface area contributed by atoms with E-state index < -0.39 is 5.54 Å². The van der Waals surface area contributed by atoms with E-state index in [2.05, 4.69) is 18.2 Å². The van der Waals surface area contributed by atoms with Crippen LogP contribution in [0.3, 0.4) is 0 Å². The summed E-state index contributed by atoms with van der Waals surface area (Å²) in [6.45, 7) is 0.851. The maximum Gasteiger partial charge on any atom is 0.247 e. The van der Waals surface area contributed by atoms with Crippen molar-refractivity contribution in [3.05, 3.63) is 29.8 Å². The molecule has 0 unspecified atom stereocenters. The van der Waals surface area contributed by atoms with Crippen molar-refractivity contribution in [3.63, 3.8) is 0 Å². The van der Waals surface area contributed by atoms with Gasteiger partial charge in [-0.05, 0) is 37.3 Å². The molecule has 0 aromatic heterocycles. The van der Waals surface area contributed by atoms with Crippen molar-refractivity contribution in [2.75, 3.05) is 11.4 Å². The summed E-state index contributed by atoms with van der Waals surface area (Å²) in [6, 6.07) is 8.43. The predicted octanol–water partition coefficient (Wildman–Crippen LogP) is 2.34. The molecular formula is C16H20N2O. The van der Waals surface area contributed by atoms with Crippen LogP contribution >= 0.6 is 0 Å². The van der Waals surface area contributed by atoms with Gasteiger partial charge >= 0.3 is 0 Å². The monoisotopic (exact) mass is 256 g/mol. The summed E-state index contributed by atoms with van der Waals surface area (Å²) < 4.78 is 0. The van der Waals surface area contributed by atoms with Gasteiger partial charge in [0.15, 0.2) is 0 Å². The number of anilines is 1. The fraction of sp³-hybridized carbons (Fsp3) is 0.562. The lowest BCUT2D eigenvalue weighted by Crippen LogP contribution is -2.47. The normalized spacial score (nSPS) is 25.6. The van der Waals surface area contributed by atoms with Crippen LogP contribution in [0.5, 0.6) is 0 Å². The summed E-state index contributed by atoms with van der Waals surface area (Å²) in [5.74, 6) is 0.142. The third-order valence-electron chi connectivity index (χ3n) is 5.25. The Balaban J connectivity index is 1.77. The highest BCUT2D eigenvalue weighted by Gasteiger charge is 2.53. The Morgan fingerprint density at radius 2 is 1.79 bits per heavy atom. The Kier molecular flexibility index (Phi) is 2.17. The molecule has 2 fully saturated rings. The van der Waals surface area contributed by atoms with Crippen molar-refractivity contribution in [1.82, 2.24) is 0 Å². The number of nitrogens with two attached hydrogens (primary N) is 1. The van der Waals surface area contributed by atoms with Gasteiger partial charge in [0.25, 0.3) is 0 Å². The Morgan fingerprint density at radius 1 is 1.11 bits per heavy atom. The van der Waals surface area contributed by atoms with Crippen molar-refractivity contribution in [2.45, 2.75) is 49.5 Å². The molecule has 3 heteroatoms. The third-order valence-corrected chi connectivity index (χ3v) is 5.25. The summed E-state index contributed by atoms with van der Waals surface area (Å²) >= 11 is 0. The number of hydrogen-bond acceptors (Lipinski definition) is 2. The Bertz CT molecular complexity index is 541. The minimum Gasteiger partial charge on any atom is -0.317 e. The molecule has 1 heterocycles. The largest absolute Gasteiger partial charge is 0.317 e. The molecule has 1 aromatic rings. The predicted molar refractivity (Wildman–Crippen MR) is 75.1 cm³/mol. The van der Waals surface area contributed by atoms with Crippen molar-refractivity contribution >= 4 is 11.6 Å². The van der Waals surface area contributed by atoms with Gasteiger partial charge in [-0.2, -0.15) is 0 Å². The molecular weight excluding hydrogens is 236 g/mol. The number of para-hydroxylation sites is 1. The average molecular weight is 256 g/mol. The third kappa shape index (κ3) is 1.51. The molecule has 1 amide bonds. The second kappa shape index (κ2) is 3.60. The van der Waals surface area contributed by atoms with Gasteiger partial charge in [-0.25, -0.2) is 0 Å². The van der Waals surface area contributed by atoms with E-state index in [1.807, 2.05) is 11.0 Å². The van der Waals surface area contributed by atoms with E-state index >= 15 is 0 Å². The second-order valence-corrected chi connectivity index (χ2v) is 6.55. The number of fused-ring (bicyclic) bond motifs is 2. The summed E-state index contributed by atoms with van der Waals surface area (Å²) in [7, 11) is 0. The zero-order valence-electron chi connectivity index (χ0n) is 11.2. The molecule has 0 atom stereocenters. The molecule has 1 spiro atoms. The fourth-order valence-electron chi connectivity index (χ4n) is 3.91. The maximum atomic E-state index is 12.6. The molecule has 100 valence electrons. The lowest BCUT2D eigenvalue weighted by molar-refractivity contribution is -0.120. The molecule has 0 bridgehead atoms. The smallest absolute Gasteiger partial charge is 0.247 e. The molecule has 0 saturated heterocycles. The molecule has 2 N–H and O–H groups in total. The number of rotatable bonds is 1. The fourth-order valence-corrected chi connectivity index (χ4v) is 3.91. The molecule has 4 rings (SSSR count). The molecule has 2 aliphatic carbocycles. The van der Waals surface area contributed by atoms with Gasteiger partial charge in [0, 0.05) is 17.6 Å². The lowest BCUT2D eigenvalue weighted by atomic mass is 9.81. The quantitative estimate of drug-likeness (QED) is 0.838. The first kappa shape index (κ1) is 11.5. The van der Waals surface area contributed by atoms with Crippen molar-refractivity contribution < 1.29 is 4.79 Å². The highest BCUT2D eigenvalue weighted by molar-refractivity contribution is 6.04. The number of benzene rings is 1. The average Bonchev–Trinajstić information content (AvgIpc) is 2.91. The minimum absolute atomic E-state index is 0.142. The van der Waals surface area contributed by atoms with Crippen LogP contribution in [0.4, 0.5) is 5.69 Å². The highest BCUT2D eigenvalue weighted by Crippen LogP contribution is 2.51. The number of amides is 1. The molecule has 0 radical (unpaired) electrons. The summed E-state index contributed by atoms with van der Waals surface area (Å²) in [5, 5.41) is 0.